The molecule has 4 atom stereocenters. The van der Waals surface area contributed by atoms with Crippen LogP contribution in [0, 0.1) is 0 Å². The molecule has 15 nitrogen and oxygen atoms in total. The topological polar surface area (TPSA) is 273 Å². The van der Waals surface area contributed by atoms with E-state index < -0.39 is 60.2 Å². The van der Waals surface area contributed by atoms with Gasteiger partial charge in [-0.2, -0.15) is 11.8 Å². The number of hydrogen-bond acceptors (Lipinski definition) is 9. The van der Waals surface area contributed by atoms with Crippen molar-refractivity contribution in [3.8, 4) is 5.75 Å². The minimum Gasteiger partial charge on any atom is -0.508 e. The van der Waals surface area contributed by atoms with Gasteiger partial charge in [0.05, 0.1) is 12.5 Å². The van der Waals surface area contributed by atoms with Gasteiger partial charge in [0.1, 0.15) is 23.9 Å². The van der Waals surface area contributed by atoms with Crippen molar-refractivity contribution in [3.63, 3.8) is 0 Å². The number of hydrogen-bond donors (Lipinski definition) is 9. The summed E-state index contributed by atoms with van der Waals surface area (Å²) in [5, 5.41) is 34.9. The summed E-state index contributed by atoms with van der Waals surface area (Å²) in [7, 11) is 0. The van der Waals surface area contributed by atoms with Gasteiger partial charge in [-0.15, -0.1) is 0 Å². The van der Waals surface area contributed by atoms with Crippen molar-refractivity contribution in [2.24, 2.45) is 22.2 Å². The number of carbonyl (C=O) groups is 5. The highest BCUT2D eigenvalue weighted by molar-refractivity contribution is 7.98. The Bertz CT molecular complexity index is 1050. The zero-order valence-corrected chi connectivity index (χ0v) is 22.9. The molecular formula is C24H37N7O8S. The number of phenols is 1. The fourth-order valence-corrected chi connectivity index (χ4v) is 3.93. The summed E-state index contributed by atoms with van der Waals surface area (Å²) < 4.78 is 0. The molecule has 0 fully saturated rings. The molecule has 4 unspecified atom stereocenters. The first-order valence-electron chi connectivity index (χ1n) is 12.3. The van der Waals surface area contributed by atoms with Crippen molar-refractivity contribution in [2.75, 3.05) is 18.6 Å². The average Bonchev–Trinajstić information content (AvgIpc) is 2.88. The Morgan fingerprint density at radius 3 is 1.98 bits per heavy atom. The van der Waals surface area contributed by atoms with E-state index in [0.717, 1.165) is 0 Å². The SMILES string of the molecule is CSCCC(NC(=O)C(CCCN=C(N)N)NC(=O)C(N)Cc1ccc(O)cc1)C(=O)NC(CC(=O)O)C(=O)O. The van der Waals surface area contributed by atoms with Crippen LogP contribution in [-0.2, 0) is 30.4 Å². The largest absolute Gasteiger partial charge is 0.508 e. The summed E-state index contributed by atoms with van der Waals surface area (Å²) in [6.45, 7) is 0.160. The molecule has 0 aliphatic heterocycles. The molecule has 222 valence electrons. The minimum absolute atomic E-state index is 0.0528. The predicted molar refractivity (Wildman–Crippen MR) is 148 cm³/mol. The third-order valence-corrected chi connectivity index (χ3v) is 6.19. The number of nitrogens with two attached hydrogens (primary N) is 3. The lowest BCUT2D eigenvalue weighted by molar-refractivity contribution is -0.147. The lowest BCUT2D eigenvalue weighted by Gasteiger charge is -2.25. The normalized spacial score (nSPS) is 13.7. The summed E-state index contributed by atoms with van der Waals surface area (Å²) in [5.41, 5.74) is 17.4. The molecule has 0 radical (unpaired) electrons. The van der Waals surface area contributed by atoms with Crippen LogP contribution in [0.2, 0.25) is 0 Å². The van der Waals surface area contributed by atoms with Crippen molar-refractivity contribution < 1.29 is 39.3 Å². The van der Waals surface area contributed by atoms with E-state index >= 15 is 0 Å². The van der Waals surface area contributed by atoms with E-state index in [9.17, 15) is 34.2 Å². The summed E-state index contributed by atoms with van der Waals surface area (Å²) >= 11 is 1.37. The predicted octanol–water partition coefficient (Wildman–Crippen LogP) is -1.92. The Labute approximate surface area is 235 Å². The lowest BCUT2D eigenvalue weighted by Crippen LogP contribution is -2.57. The molecule has 0 aromatic heterocycles. The number of aliphatic imine (C=N–C) groups is 1. The number of nitrogens with one attached hydrogen (secondary N) is 3. The number of amides is 3. The number of carboxylic acid groups (broad SMARTS) is 2. The number of nitrogens with zero attached hydrogens (tertiary/aromatic N) is 1. The second-order valence-corrected chi connectivity index (χ2v) is 9.81. The number of benzene rings is 1. The third kappa shape index (κ3) is 13.1. The molecule has 0 bridgehead atoms. The number of thioether (sulfide) groups is 1. The molecule has 1 rings (SSSR count). The van der Waals surface area contributed by atoms with E-state index in [-0.39, 0.29) is 43.9 Å². The second-order valence-electron chi connectivity index (χ2n) is 8.83. The van der Waals surface area contributed by atoms with Crippen LogP contribution in [0.3, 0.4) is 0 Å². The van der Waals surface area contributed by atoms with Crippen LogP contribution in [0.25, 0.3) is 0 Å². The van der Waals surface area contributed by atoms with Gasteiger partial charge in [0.15, 0.2) is 5.96 Å². The van der Waals surface area contributed by atoms with Crippen LogP contribution >= 0.6 is 11.8 Å². The van der Waals surface area contributed by atoms with Crippen molar-refractivity contribution in [3.05, 3.63) is 29.8 Å². The Kier molecular flexibility index (Phi) is 14.9. The van der Waals surface area contributed by atoms with Gasteiger partial charge in [-0.1, -0.05) is 12.1 Å². The van der Waals surface area contributed by atoms with E-state index in [2.05, 4.69) is 20.9 Å². The zero-order chi connectivity index (χ0) is 30.2. The van der Waals surface area contributed by atoms with Crippen LogP contribution in [0.4, 0.5) is 0 Å². The molecule has 0 aliphatic carbocycles. The highest BCUT2D eigenvalue weighted by atomic mass is 32.2. The van der Waals surface area contributed by atoms with Gasteiger partial charge >= 0.3 is 11.9 Å². The first kappa shape index (κ1) is 34.0. The molecule has 1 aromatic carbocycles. The molecule has 1 aromatic rings. The molecule has 0 heterocycles. The number of carbonyl (C=O) groups excluding carboxylic acids is 3. The van der Waals surface area contributed by atoms with Crippen LogP contribution in [0.5, 0.6) is 5.75 Å². The molecular weight excluding hydrogens is 546 g/mol. The molecule has 0 saturated heterocycles. The number of carboxylic acids is 2. The Morgan fingerprint density at radius 2 is 1.45 bits per heavy atom. The van der Waals surface area contributed by atoms with Gasteiger partial charge in [-0.3, -0.25) is 24.2 Å². The minimum atomic E-state index is -1.70. The molecule has 3 amide bonds. The zero-order valence-electron chi connectivity index (χ0n) is 22.0. The number of guanidine groups is 1. The summed E-state index contributed by atoms with van der Waals surface area (Å²) in [6, 6.07) is 1.00. The van der Waals surface area contributed by atoms with Crippen molar-refractivity contribution in [1.29, 1.82) is 0 Å². The number of rotatable bonds is 18. The number of phenolic OH excluding ortho intramolecular Hbond substituents is 1. The maximum atomic E-state index is 13.2. The van der Waals surface area contributed by atoms with Gasteiger partial charge in [-0.25, -0.2) is 4.79 Å². The first-order valence-corrected chi connectivity index (χ1v) is 13.7. The molecule has 40 heavy (non-hydrogen) atoms. The summed E-state index contributed by atoms with van der Waals surface area (Å²) in [5.74, 6) is -4.92. The Balaban J connectivity index is 3.03. The van der Waals surface area contributed by atoms with Crippen molar-refractivity contribution >= 4 is 47.4 Å². The lowest BCUT2D eigenvalue weighted by atomic mass is 10.0. The van der Waals surface area contributed by atoms with Crippen LogP contribution < -0.4 is 33.2 Å². The van der Waals surface area contributed by atoms with Gasteiger partial charge in [-0.05, 0) is 55.4 Å². The van der Waals surface area contributed by atoms with Crippen LogP contribution in [-0.4, -0.2) is 93.7 Å². The summed E-state index contributed by atoms with van der Waals surface area (Å²) in [4.78, 5) is 65.1. The monoisotopic (exact) mass is 583 g/mol. The van der Waals surface area contributed by atoms with Crippen molar-refractivity contribution in [2.45, 2.75) is 56.3 Å². The summed E-state index contributed by atoms with van der Waals surface area (Å²) in [6.07, 6.45) is 1.50. The molecule has 0 saturated carbocycles. The number of aromatic hydroxyl groups is 1. The van der Waals surface area contributed by atoms with E-state index in [1.165, 1.54) is 23.9 Å². The van der Waals surface area contributed by atoms with Crippen LogP contribution in [0.15, 0.2) is 29.3 Å². The average molecular weight is 584 g/mol. The standard InChI is InChI=1S/C24H37N7O8S/c1-40-10-8-17(22(37)31-18(23(38)39)12-19(33)34)30-21(36)16(3-2-9-28-24(26)27)29-20(35)15(25)11-13-4-6-14(32)7-5-13/h4-7,15-18,32H,2-3,8-12,25H2,1H3,(H,29,35)(H,30,36)(H,31,37)(H,33,34)(H,38,39)(H4,26,27,28). The van der Waals surface area contributed by atoms with Gasteiger partial charge < -0.3 is 48.5 Å². The molecule has 0 aliphatic rings. The fourth-order valence-electron chi connectivity index (χ4n) is 3.45. The maximum Gasteiger partial charge on any atom is 0.326 e. The van der Waals surface area contributed by atoms with Gasteiger partial charge in [0, 0.05) is 6.54 Å². The first-order chi connectivity index (χ1) is 18.8. The van der Waals surface area contributed by atoms with E-state index in [1.54, 1.807) is 18.4 Å². The Morgan fingerprint density at radius 1 is 0.900 bits per heavy atom. The second kappa shape index (κ2) is 17.5. The maximum absolute atomic E-state index is 13.2. The number of aliphatic carboxylic acids is 2. The molecule has 16 heteroatoms. The smallest absolute Gasteiger partial charge is 0.326 e. The Hall–Kier alpha value is -4.05. The van der Waals surface area contributed by atoms with E-state index in [4.69, 9.17) is 22.3 Å². The van der Waals surface area contributed by atoms with Crippen LogP contribution in [0.1, 0.15) is 31.2 Å². The van der Waals surface area contributed by atoms with E-state index in [1.807, 2.05) is 0 Å². The quantitative estimate of drug-likeness (QED) is 0.0520. The highest BCUT2D eigenvalue weighted by Gasteiger charge is 2.31. The van der Waals surface area contributed by atoms with Gasteiger partial charge in [0.2, 0.25) is 17.7 Å². The highest BCUT2D eigenvalue weighted by Crippen LogP contribution is 2.11. The molecule has 0 spiro atoms. The van der Waals surface area contributed by atoms with E-state index in [0.29, 0.717) is 11.3 Å². The fraction of sp³-hybridized carbons (Fsp3) is 0.500. The van der Waals surface area contributed by atoms with Gasteiger partial charge in [0.25, 0.3) is 0 Å². The molecule has 12 N–H and O–H groups in total. The van der Waals surface area contributed by atoms with Crippen molar-refractivity contribution in [1.82, 2.24) is 16.0 Å². The third-order valence-electron chi connectivity index (χ3n) is 5.54.